The van der Waals surface area contributed by atoms with Gasteiger partial charge < -0.3 is 4.74 Å². The molecule has 0 bridgehead atoms. The lowest BCUT2D eigenvalue weighted by atomic mass is 9.86. The molecule has 22 heavy (non-hydrogen) atoms. The molecular formula is C18H17NO3. The fourth-order valence-electron chi connectivity index (χ4n) is 2.79. The van der Waals surface area contributed by atoms with E-state index in [1.807, 2.05) is 60.7 Å². The number of rotatable bonds is 3. The van der Waals surface area contributed by atoms with Crippen LogP contribution in [0.25, 0.3) is 0 Å². The topological polar surface area (TPSA) is 46.6 Å². The Hall–Kier alpha value is -2.62. The van der Waals surface area contributed by atoms with Crippen LogP contribution in [0.3, 0.4) is 0 Å². The highest BCUT2D eigenvalue weighted by Crippen LogP contribution is 2.39. The minimum Gasteiger partial charge on any atom is -0.431 e. The molecule has 2 amide bonds. The van der Waals surface area contributed by atoms with Crippen LogP contribution in [0.5, 0.6) is 0 Å². The second-order valence-electron chi connectivity index (χ2n) is 5.26. The molecule has 1 heterocycles. The van der Waals surface area contributed by atoms with Gasteiger partial charge in [-0.1, -0.05) is 67.6 Å². The second kappa shape index (κ2) is 5.64. The summed E-state index contributed by atoms with van der Waals surface area (Å²) in [5, 5.41) is 0. The molecule has 0 spiro atoms. The monoisotopic (exact) mass is 295 g/mol. The molecular weight excluding hydrogens is 278 g/mol. The van der Waals surface area contributed by atoms with E-state index in [1.165, 1.54) is 4.90 Å². The lowest BCUT2D eigenvalue weighted by Crippen LogP contribution is -2.36. The van der Waals surface area contributed by atoms with Gasteiger partial charge in [-0.25, -0.2) is 9.69 Å². The van der Waals surface area contributed by atoms with Crippen molar-refractivity contribution in [3.8, 4) is 0 Å². The zero-order valence-electron chi connectivity index (χ0n) is 12.4. The molecule has 112 valence electrons. The van der Waals surface area contributed by atoms with Crippen LogP contribution in [0.2, 0.25) is 0 Å². The number of hydrogen-bond donors (Lipinski definition) is 0. The number of hydrogen-bond acceptors (Lipinski definition) is 3. The van der Waals surface area contributed by atoms with Crippen molar-refractivity contribution in [1.29, 1.82) is 0 Å². The molecule has 1 aliphatic rings. The summed E-state index contributed by atoms with van der Waals surface area (Å²) in [6.07, 6.45) is -0.311. The average Bonchev–Trinajstić information content (AvgIpc) is 2.94. The molecule has 0 radical (unpaired) electrons. The first kappa shape index (κ1) is 14.3. The quantitative estimate of drug-likeness (QED) is 0.872. The predicted molar refractivity (Wildman–Crippen MR) is 82.1 cm³/mol. The molecule has 3 rings (SSSR count). The van der Waals surface area contributed by atoms with Gasteiger partial charge in [-0.2, -0.15) is 0 Å². The van der Waals surface area contributed by atoms with Gasteiger partial charge >= 0.3 is 6.09 Å². The van der Waals surface area contributed by atoms with Gasteiger partial charge in [0.1, 0.15) is 0 Å². The number of ether oxygens (including phenoxy) is 1. The fourth-order valence-corrected chi connectivity index (χ4v) is 2.79. The van der Waals surface area contributed by atoms with Gasteiger partial charge in [0.05, 0.1) is 6.54 Å². The minimum atomic E-state index is -0.940. The summed E-state index contributed by atoms with van der Waals surface area (Å²) in [7, 11) is 0. The Morgan fingerprint density at radius 3 is 2.00 bits per heavy atom. The number of nitrogens with zero attached hydrogens (tertiary/aromatic N) is 1. The van der Waals surface area contributed by atoms with Crippen LogP contribution in [0.4, 0.5) is 4.79 Å². The van der Waals surface area contributed by atoms with Crippen molar-refractivity contribution in [2.75, 3.05) is 6.54 Å². The molecule has 2 aromatic carbocycles. The first-order valence-corrected chi connectivity index (χ1v) is 7.32. The number of carbonyl (C=O) groups excluding carboxylic acids is 2. The van der Waals surface area contributed by atoms with Crippen LogP contribution in [0, 0.1) is 0 Å². The molecule has 1 saturated heterocycles. The lowest BCUT2D eigenvalue weighted by molar-refractivity contribution is -0.127. The highest BCUT2D eigenvalue weighted by Gasteiger charge is 2.49. The van der Waals surface area contributed by atoms with Crippen molar-refractivity contribution in [3.05, 3.63) is 71.8 Å². The van der Waals surface area contributed by atoms with Gasteiger partial charge in [0.2, 0.25) is 5.91 Å². The standard InChI is InChI=1S/C18H17NO3/c1-2-16(20)19-13-18(22-17(19)21,14-9-5-3-6-10-14)15-11-7-4-8-12-15/h3-12H,2,13H2,1H3. The van der Waals surface area contributed by atoms with Crippen molar-refractivity contribution in [3.63, 3.8) is 0 Å². The van der Waals surface area contributed by atoms with Crippen molar-refractivity contribution in [2.24, 2.45) is 0 Å². The minimum absolute atomic E-state index is 0.201. The van der Waals surface area contributed by atoms with Crippen LogP contribution < -0.4 is 0 Å². The SMILES string of the molecule is CCC(=O)N1CC(c2ccccc2)(c2ccccc2)OC1=O. The van der Waals surface area contributed by atoms with Gasteiger partial charge in [0.25, 0.3) is 0 Å². The summed E-state index contributed by atoms with van der Waals surface area (Å²) in [4.78, 5) is 25.4. The van der Waals surface area contributed by atoms with Crippen LogP contribution in [0.1, 0.15) is 24.5 Å². The third kappa shape index (κ3) is 2.26. The van der Waals surface area contributed by atoms with Crippen molar-refractivity contribution in [1.82, 2.24) is 4.90 Å². The van der Waals surface area contributed by atoms with Crippen LogP contribution in [-0.2, 0) is 15.1 Å². The Bertz CT molecular complexity index is 642. The maximum Gasteiger partial charge on any atom is 0.417 e. The van der Waals surface area contributed by atoms with E-state index in [-0.39, 0.29) is 18.9 Å². The number of carbonyl (C=O) groups is 2. The van der Waals surface area contributed by atoms with Crippen molar-refractivity contribution < 1.29 is 14.3 Å². The van der Waals surface area contributed by atoms with Crippen molar-refractivity contribution >= 4 is 12.0 Å². The highest BCUT2D eigenvalue weighted by atomic mass is 16.6. The molecule has 0 unspecified atom stereocenters. The van der Waals surface area contributed by atoms with Gasteiger partial charge in [0.15, 0.2) is 5.60 Å². The van der Waals surface area contributed by atoms with Crippen molar-refractivity contribution in [2.45, 2.75) is 18.9 Å². The molecule has 0 aliphatic carbocycles. The van der Waals surface area contributed by atoms with E-state index < -0.39 is 11.7 Å². The fraction of sp³-hybridized carbons (Fsp3) is 0.222. The Morgan fingerprint density at radius 1 is 1.05 bits per heavy atom. The smallest absolute Gasteiger partial charge is 0.417 e. The van der Waals surface area contributed by atoms with E-state index >= 15 is 0 Å². The Balaban J connectivity index is 2.11. The van der Waals surface area contributed by atoms with Crippen LogP contribution in [-0.4, -0.2) is 23.4 Å². The maximum atomic E-state index is 12.2. The van der Waals surface area contributed by atoms with E-state index in [9.17, 15) is 9.59 Å². The third-order valence-electron chi connectivity index (χ3n) is 3.95. The Kier molecular flexibility index (Phi) is 3.67. The van der Waals surface area contributed by atoms with E-state index in [0.717, 1.165) is 11.1 Å². The maximum absolute atomic E-state index is 12.2. The van der Waals surface area contributed by atoms with E-state index in [0.29, 0.717) is 0 Å². The normalized spacial score (nSPS) is 16.4. The molecule has 0 saturated carbocycles. The zero-order valence-corrected chi connectivity index (χ0v) is 12.4. The van der Waals surface area contributed by atoms with Crippen LogP contribution >= 0.6 is 0 Å². The third-order valence-corrected chi connectivity index (χ3v) is 3.95. The molecule has 4 heteroatoms. The first-order valence-electron chi connectivity index (χ1n) is 7.32. The molecule has 1 fully saturated rings. The summed E-state index contributed by atoms with van der Waals surface area (Å²) >= 11 is 0. The van der Waals surface area contributed by atoms with Gasteiger partial charge in [-0.15, -0.1) is 0 Å². The largest absolute Gasteiger partial charge is 0.431 e. The molecule has 2 aromatic rings. The van der Waals surface area contributed by atoms with Gasteiger partial charge in [-0.3, -0.25) is 4.79 Å². The Labute approximate surface area is 129 Å². The highest BCUT2D eigenvalue weighted by molar-refractivity contribution is 5.93. The average molecular weight is 295 g/mol. The number of amides is 2. The molecule has 4 nitrogen and oxygen atoms in total. The number of imide groups is 1. The van der Waals surface area contributed by atoms with Gasteiger partial charge in [-0.05, 0) is 0 Å². The summed E-state index contributed by atoms with van der Waals surface area (Å²) < 4.78 is 5.72. The lowest BCUT2D eigenvalue weighted by Gasteiger charge is -2.27. The second-order valence-corrected chi connectivity index (χ2v) is 5.26. The molecule has 0 aromatic heterocycles. The molecule has 1 aliphatic heterocycles. The summed E-state index contributed by atoms with van der Waals surface area (Å²) in [5.41, 5.74) is 0.784. The van der Waals surface area contributed by atoms with Gasteiger partial charge in [0, 0.05) is 17.5 Å². The summed E-state index contributed by atoms with van der Waals surface area (Å²) in [5.74, 6) is -0.223. The van der Waals surface area contributed by atoms with E-state index in [1.54, 1.807) is 6.92 Å². The predicted octanol–water partition coefficient (Wildman–Crippen LogP) is 3.32. The molecule has 0 atom stereocenters. The zero-order chi connectivity index (χ0) is 15.6. The summed E-state index contributed by atoms with van der Waals surface area (Å²) in [6.45, 7) is 1.94. The first-order chi connectivity index (χ1) is 10.7. The van der Waals surface area contributed by atoms with E-state index in [2.05, 4.69) is 0 Å². The number of benzene rings is 2. The van der Waals surface area contributed by atoms with Crippen LogP contribution in [0.15, 0.2) is 60.7 Å². The van der Waals surface area contributed by atoms with E-state index in [4.69, 9.17) is 4.74 Å². The Morgan fingerprint density at radius 2 is 1.55 bits per heavy atom. The summed E-state index contributed by atoms with van der Waals surface area (Å²) in [6, 6.07) is 19.1. The molecule has 0 N–H and O–H groups in total. The number of cyclic esters (lactones) is 1.